The van der Waals surface area contributed by atoms with Crippen molar-refractivity contribution in [3.05, 3.63) is 46.1 Å². The van der Waals surface area contributed by atoms with Gasteiger partial charge in [0.05, 0.1) is 6.54 Å². The fourth-order valence-electron chi connectivity index (χ4n) is 3.38. The number of aryl methyl sites for hydroxylation is 2. The molecule has 1 aromatic heterocycles. The van der Waals surface area contributed by atoms with Crippen LogP contribution >= 0.6 is 24.0 Å². The van der Waals surface area contributed by atoms with E-state index in [1.165, 1.54) is 10.7 Å². The molecule has 0 unspecified atom stereocenters. The zero-order valence-corrected chi connectivity index (χ0v) is 19.9. The summed E-state index contributed by atoms with van der Waals surface area (Å²) >= 11 is 0. The largest absolute Gasteiger partial charge is 0.434 e. The van der Waals surface area contributed by atoms with Crippen LogP contribution in [0, 0.1) is 0 Å². The van der Waals surface area contributed by atoms with E-state index < -0.39 is 6.61 Å². The van der Waals surface area contributed by atoms with Gasteiger partial charge in [-0.05, 0) is 32.3 Å². The van der Waals surface area contributed by atoms with E-state index >= 15 is 0 Å². The van der Waals surface area contributed by atoms with Gasteiger partial charge in [0.15, 0.2) is 5.96 Å². The molecule has 0 saturated carbocycles. The molecule has 0 radical (unpaired) electrons. The summed E-state index contributed by atoms with van der Waals surface area (Å²) in [6, 6.07) is 6.60. The van der Waals surface area contributed by atoms with E-state index in [9.17, 15) is 13.6 Å². The Kier molecular flexibility index (Phi) is 10.2. The highest BCUT2D eigenvalue weighted by atomic mass is 127. The van der Waals surface area contributed by atoms with Gasteiger partial charge in [-0.3, -0.25) is 4.57 Å². The Bertz CT molecular complexity index is 915. The molecular weight excluding hydrogens is 521 g/mol. The first-order valence-electron chi connectivity index (χ1n) is 10.3. The third-order valence-corrected chi connectivity index (χ3v) is 4.81. The Morgan fingerprint density at radius 2 is 2.10 bits per heavy atom. The molecule has 2 N–H and O–H groups in total. The first-order chi connectivity index (χ1) is 14.6. The minimum atomic E-state index is -2.88. The molecule has 0 atom stereocenters. The summed E-state index contributed by atoms with van der Waals surface area (Å²) in [5.74, 6) is 1.56. The van der Waals surface area contributed by atoms with Crippen molar-refractivity contribution in [3.63, 3.8) is 0 Å². The van der Waals surface area contributed by atoms with Crippen LogP contribution in [0.3, 0.4) is 0 Å². The predicted octanol–water partition coefficient (Wildman–Crippen LogP) is 2.75. The molecule has 2 aromatic rings. The molecule has 1 aromatic carbocycles. The van der Waals surface area contributed by atoms with E-state index in [1.807, 2.05) is 6.92 Å². The van der Waals surface area contributed by atoms with Crippen LogP contribution in [0.25, 0.3) is 0 Å². The number of halogens is 3. The first kappa shape index (κ1) is 25.1. The van der Waals surface area contributed by atoms with Gasteiger partial charge >= 0.3 is 12.3 Å². The normalized spacial score (nSPS) is 13.5. The van der Waals surface area contributed by atoms with Crippen molar-refractivity contribution >= 4 is 29.9 Å². The van der Waals surface area contributed by atoms with Gasteiger partial charge in [-0.2, -0.15) is 13.9 Å². The summed E-state index contributed by atoms with van der Waals surface area (Å²) in [6.07, 6.45) is 3.65. The lowest BCUT2D eigenvalue weighted by atomic mass is 10.2. The number of benzene rings is 1. The molecule has 1 aliphatic rings. The zero-order chi connectivity index (χ0) is 21.3. The number of hydrogen-bond acceptors (Lipinski definition) is 4. The topological polar surface area (TPSA) is 85.5 Å². The number of nitrogens with zero attached hydrogens (tertiary/aromatic N) is 4. The van der Waals surface area contributed by atoms with E-state index in [2.05, 4.69) is 25.5 Å². The van der Waals surface area contributed by atoms with E-state index in [0.29, 0.717) is 37.6 Å². The molecule has 31 heavy (non-hydrogen) atoms. The highest BCUT2D eigenvalue weighted by molar-refractivity contribution is 14.0. The van der Waals surface area contributed by atoms with Crippen molar-refractivity contribution < 1.29 is 13.5 Å². The number of ether oxygens (including phenoxy) is 1. The maximum absolute atomic E-state index is 12.6. The zero-order valence-electron chi connectivity index (χ0n) is 17.5. The number of aliphatic imine (C=N–C) groups is 1. The molecule has 2 heterocycles. The number of nitrogens with one attached hydrogen (secondary N) is 2. The van der Waals surface area contributed by atoms with Crippen molar-refractivity contribution in [1.82, 2.24) is 25.0 Å². The highest BCUT2D eigenvalue weighted by Gasteiger charge is 2.16. The fourth-order valence-corrected chi connectivity index (χ4v) is 3.38. The van der Waals surface area contributed by atoms with Crippen molar-refractivity contribution in [1.29, 1.82) is 0 Å². The van der Waals surface area contributed by atoms with Gasteiger partial charge in [-0.15, -0.1) is 24.0 Å². The summed E-state index contributed by atoms with van der Waals surface area (Å²) in [5.41, 5.74) is 0.533. The highest BCUT2D eigenvalue weighted by Crippen LogP contribution is 2.20. The molecule has 11 heteroatoms. The molecular formula is C20H29F2IN6O2. The summed E-state index contributed by atoms with van der Waals surface area (Å²) in [5, 5.41) is 10.8. The lowest BCUT2D eigenvalue weighted by Gasteiger charge is -2.12. The molecule has 0 fully saturated rings. The average Bonchev–Trinajstić information content (AvgIpc) is 3.05. The van der Waals surface area contributed by atoms with Gasteiger partial charge in [0, 0.05) is 38.2 Å². The Morgan fingerprint density at radius 1 is 1.29 bits per heavy atom. The summed E-state index contributed by atoms with van der Waals surface area (Å²) in [6.45, 7) is 1.80. The number of rotatable bonds is 9. The van der Waals surface area contributed by atoms with Gasteiger partial charge < -0.3 is 15.4 Å². The molecule has 172 valence electrons. The van der Waals surface area contributed by atoms with E-state index in [1.54, 1.807) is 22.8 Å². The van der Waals surface area contributed by atoms with Crippen LogP contribution in [0.1, 0.15) is 37.6 Å². The smallest absolute Gasteiger partial charge is 0.387 e. The third-order valence-electron chi connectivity index (χ3n) is 4.81. The molecule has 8 nitrogen and oxygen atoms in total. The maximum Gasteiger partial charge on any atom is 0.387 e. The number of fused-ring (bicyclic) bond motifs is 1. The molecule has 1 aliphatic heterocycles. The Morgan fingerprint density at radius 3 is 2.84 bits per heavy atom. The van der Waals surface area contributed by atoms with Crippen LogP contribution < -0.4 is 21.1 Å². The number of alkyl halides is 2. The molecule has 0 aliphatic carbocycles. The summed E-state index contributed by atoms with van der Waals surface area (Å²) in [7, 11) is 0. The number of para-hydroxylation sites is 1. The average molecular weight is 550 g/mol. The lowest BCUT2D eigenvalue weighted by molar-refractivity contribution is -0.0504. The summed E-state index contributed by atoms with van der Waals surface area (Å²) in [4.78, 5) is 16.8. The van der Waals surface area contributed by atoms with Crippen LogP contribution in [-0.2, 0) is 26.1 Å². The van der Waals surface area contributed by atoms with Crippen LogP contribution in [0.5, 0.6) is 5.75 Å². The quantitative estimate of drug-likeness (QED) is 0.217. The molecule has 0 spiro atoms. The predicted molar refractivity (Wildman–Crippen MR) is 125 cm³/mol. The second kappa shape index (κ2) is 12.6. The number of hydrogen-bond donors (Lipinski definition) is 2. The Labute approximate surface area is 197 Å². The number of aromatic nitrogens is 3. The lowest BCUT2D eigenvalue weighted by Crippen LogP contribution is -2.38. The standard InChI is InChI=1S/C20H28F2N6O2.HI/c1-2-23-19(25-14-15-8-3-4-9-16(15)30-18(21)22)24-11-7-13-28-20(29)27-12-6-5-10-17(27)26-28;/h3-4,8-9,18H,2,5-7,10-14H2,1H3,(H2,23,24,25);1H. The SMILES string of the molecule is CCNC(=NCc1ccccc1OC(F)F)NCCCn1nc2n(c1=O)CCCC2.I. The van der Waals surface area contributed by atoms with Crippen molar-refractivity contribution in [2.45, 2.75) is 58.9 Å². The fraction of sp³-hybridized carbons (Fsp3) is 0.550. The van der Waals surface area contributed by atoms with E-state index in [0.717, 1.165) is 31.6 Å². The minimum absolute atomic E-state index is 0. The maximum atomic E-state index is 12.6. The van der Waals surface area contributed by atoms with E-state index in [4.69, 9.17) is 0 Å². The van der Waals surface area contributed by atoms with Crippen molar-refractivity contribution in [2.24, 2.45) is 4.99 Å². The van der Waals surface area contributed by atoms with Gasteiger partial charge in [0.1, 0.15) is 11.6 Å². The third kappa shape index (κ3) is 7.18. The van der Waals surface area contributed by atoms with Crippen LogP contribution in [0.4, 0.5) is 8.78 Å². The number of guanidine groups is 1. The van der Waals surface area contributed by atoms with Gasteiger partial charge in [-0.1, -0.05) is 18.2 Å². The molecule has 0 saturated heterocycles. The first-order valence-corrected chi connectivity index (χ1v) is 10.3. The van der Waals surface area contributed by atoms with Crippen LogP contribution in [0.15, 0.2) is 34.1 Å². The van der Waals surface area contributed by atoms with Gasteiger partial charge in [-0.25, -0.2) is 14.5 Å². The molecule has 0 amide bonds. The second-order valence-corrected chi connectivity index (χ2v) is 6.99. The van der Waals surface area contributed by atoms with Gasteiger partial charge in [0.25, 0.3) is 0 Å². The minimum Gasteiger partial charge on any atom is -0.434 e. The molecule has 3 rings (SSSR count). The van der Waals surface area contributed by atoms with Crippen molar-refractivity contribution in [3.8, 4) is 5.75 Å². The van der Waals surface area contributed by atoms with Crippen LogP contribution in [-0.4, -0.2) is 40.0 Å². The van der Waals surface area contributed by atoms with Gasteiger partial charge in [0.2, 0.25) is 0 Å². The second-order valence-electron chi connectivity index (χ2n) is 6.99. The van der Waals surface area contributed by atoms with E-state index in [-0.39, 0.29) is 42.0 Å². The van der Waals surface area contributed by atoms with Crippen LogP contribution in [0.2, 0.25) is 0 Å². The Hall–Kier alpha value is -2.18. The summed E-state index contributed by atoms with van der Waals surface area (Å²) < 4.78 is 33.0. The molecule has 0 bridgehead atoms. The Balaban J connectivity index is 0.00000341. The monoisotopic (exact) mass is 550 g/mol. The van der Waals surface area contributed by atoms with Crippen molar-refractivity contribution in [2.75, 3.05) is 13.1 Å².